The number of hydrogen-bond acceptors (Lipinski definition) is 3. The largest absolute Gasteiger partial charge is 0.367 e. The lowest BCUT2D eigenvalue weighted by Crippen LogP contribution is -2.22. The average Bonchev–Trinajstić information content (AvgIpc) is 3.15. The molecule has 6 heteroatoms. The third kappa shape index (κ3) is 3.21. The second kappa shape index (κ2) is 6.34. The van der Waals surface area contributed by atoms with Crippen LogP contribution in [0.2, 0.25) is 5.02 Å². The third-order valence-corrected chi connectivity index (χ3v) is 4.67. The quantitative estimate of drug-likeness (QED) is 0.758. The molecule has 3 aromatic rings. The predicted molar refractivity (Wildman–Crippen MR) is 89.3 cm³/mol. The second-order valence-corrected chi connectivity index (χ2v) is 6.28. The second-order valence-electron chi connectivity index (χ2n) is 4.84. The average molecular weight is 332 g/mol. The van der Waals surface area contributed by atoms with Gasteiger partial charge in [-0.1, -0.05) is 23.7 Å². The topological polar surface area (TPSA) is 57.8 Å². The van der Waals surface area contributed by atoms with E-state index in [1.54, 1.807) is 0 Å². The van der Waals surface area contributed by atoms with E-state index in [4.69, 9.17) is 11.6 Å². The summed E-state index contributed by atoms with van der Waals surface area (Å²) in [5.41, 5.74) is 2.73. The molecule has 2 aromatic heterocycles. The summed E-state index contributed by atoms with van der Waals surface area (Å²) in [6.45, 7) is 2.34. The summed E-state index contributed by atoms with van der Waals surface area (Å²) in [6, 6.07) is 9.38. The fraction of sp³-hybridized carbons (Fsp3) is 0.125. The van der Waals surface area contributed by atoms with Crippen LogP contribution in [-0.4, -0.2) is 15.9 Å². The van der Waals surface area contributed by atoms with E-state index >= 15 is 0 Å². The Morgan fingerprint density at radius 2 is 2.09 bits per heavy atom. The molecule has 2 N–H and O–H groups in total. The van der Waals surface area contributed by atoms with Crippen LogP contribution in [0.15, 0.2) is 42.7 Å². The molecule has 1 amide bonds. The summed E-state index contributed by atoms with van der Waals surface area (Å²) in [5.74, 6) is -0.101. The number of carbonyl (C=O) groups is 1. The first kappa shape index (κ1) is 14.8. The first-order chi connectivity index (χ1) is 10.6. The molecule has 0 aliphatic heterocycles. The van der Waals surface area contributed by atoms with E-state index in [9.17, 15) is 4.79 Å². The number of H-pyrrole nitrogens is 1. The smallest absolute Gasteiger partial charge is 0.263 e. The highest BCUT2D eigenvalue weighted by Crippen LogP contribution is 2.28. The molecule has 4 nitrogen and oxygen atoms in total. The van der Waals surface area contributed by atoms with Crippen molar-refractivity contribution in [3.8, 4) is 10.6 Å². The number of aromatic amines is 1. The van der Waals surface area contributed by atoms with Gasteiger partial charge in [-0.15, -0.1) is 11.3 Å². The molecule has 112 valence electrons. The van der Waals surface area contributed by atoms with Crippen LogP contribution in [0.5, 0.6) is 0 Å². The number of aromatic nitrogens is 2. The SMILES string of the molecule is Cc1nc(-c2ccc(Cl)cc2)sc1C(=O)NCc1cc[nH]c1. The molecule has 0 atom stereocenters. The first-order valence-corrected chi connectivity index (χ1v) is 7.96. The Kier molecular flexibility index (Phi) is 4.27. The lowest BCUT2D eigenvalue weighted by Gasteiger charge is -2.01. The normalized spacial score (nSPS) is 10.6. The van der Waals surface area contributed by atoms with Gasteiger partial charge in [0.05, 0.1) is 5.69 Å². The van der Waals surface area contributed by atoms with Crippen molar-refractivity contribution >= 4 is 28.8 Å². The number of benzene rings is 1. The Hall–Kier alpha value is -2.11. The van der Waals surface area contributed by atoms with Crippen molar-refractivity contribution in [3.63, 3.8) is 0 Å². The molecule has 3 rings (SSSR count). The van der Waals surface area contributed by atoms with Gasteiger partial charge in [0.1, 0.15) is 9.88 Å². The van der Waals surface area contributed by atoms with Crippen LogP contribution in [0, 0.1) is 6.92 Å². The number of nitrogens with zero attached hydrogens (tertiary/aromatic N) is 1. The van der Waals surface area contributed by atoms with Crippen molar-refractivity contribution in [3.05, 3.63) is 63.9 Å². The van der Waals surface area contributed by atoms with Gasteiger partial charge in [-0.2, -0.15) is 0 Å². The molecule has 2 heterocycles. The van der Waals surface area contributed by atoms with Crippen LogP contribution in [0.25, 0.3) is 10.6 Å². The molecule has 22 heavy (non-hydrogen) atoms. The Bertz CT molecular complexity index is 778. The highest BCUT2D eigenvalue weighted by Gasteiger charge is 2.16. The summed E-state index contributed by atoms with van der Waals surface area (Å²) in [5, 5.41) is 4.41. The number of rotatable bonds is 4. The Morgan fingerprint density at radius 1 is 1.32 bits per heavy atom. The molecular formula is C16H14ClN3OS. The minimum atomic E-state index is -0.101. The maximum Gasteiger partial charge on any atom is 0.263 e. The predicted octanol–water partition coefficient (Wildman–Crippen LogP) is 4.03. The molecule has 0 spiro atoms. The molecule has 0 unspecified atom stereocenters. The van der Waals surface area contributed by atoms with Gasteiger partial charge in [0.15, 0.2) is 0 Å². The fourth-order valence-electron chi connectivity index (χ4n) is 2.05. The molecule has 0 radical (unpaired) electrons. The minimum Gasteiger partial charge on any atom is -0.367 e. The molecule has 0 saturated carbocycles. The number of hydrogen-bond donors (Lipinski definition) is 2. The van der Waals surface area contributed by atoms with Crippen LogP contribution in [0.4, 0.5) is 0 Å². The van der Waals surface area contributed by atoms with E-state index in [0.29, 0.717) is 16.4 Å². The zero-order valence-corrected chi connectivity index (χ0v) is 13.5. The third-order valence-electron chi connectivity index (χ3n) is 3.21. The molecule has 0 aliphatic rings. The number of halogens is 1. The fourth-order valence-corrected chi connectivity index (χ4v) is 3.17. The molecule has 0 fully saturated rings. The van der Waals surface area contributed by atoms with Gasteiger partial charge < -0.3 is 10.3 Å². The van der Waals surface area contributed by atoms with Crippen molar-refractivity contribution < 1.29 is 4.79 Å². The van der Waals surface area contributed by atoms with Crippen LogP contribution >= 0.6 is 22.9 Å². The summed E-state index contributed by atoms with van der Waals surface area (Å²) in [6.07, 6.45) is 3.69. The highest BCUT2D eigenvalue weighted by atomic mass is 35.5. The Labute approximate surface area is 137 Å². The van der Waals surface area contributed by atoms with Gasteiger partial charge in [-0.3, -0.25) is 4.79 Å². The van der Waals surface area contributed by atoms with Crippen molar-refractivity contribution in [2.75, 3.05) is 0 Å². The van der Waals surface area contributed by atoms with E-state index in [0.717, 1.165) is 21.8 Å². The van der Waals surface area contributed by atoms with E-state index in [-0.39, 0.29) is 5.91 Å². The van der Waals surface area contributed by atoms with E-state index in [2.05, 4.69) is 15.3 Å². The summed E-state index contributed by atoms with van der Waals surface area (Å²) in [4.78, 5) is 20.4. The number of aryl methyl sites for hydroxylation is 1. The van der Waals surface area contributed by atoms with E-state index < -0.39 is 0 Å². The Morgan fingerprint density at radius 3 is 2.77 bits per heavy atom. The van der Waals surface area contributed by atoms with Crippen molar-refractivity contribution in [2.45, 2.75) is 13.5 Å². The van der Waals surface area contributed by atoms with Crippen molar-refractivity contribution in [1.29, 1.82) is 0 Å². The van der Waals surface area contributed by atoms with Crippen molar-refractivity contribution in [1.82, 2.24) is 15.3 Å². The first-order valence-electron chi connectivity index (χ1n) is 6.77. The molecule has 1 aromatic carbocycles. The van der Waals surface area contributed by atoms with Crippen LogP contribution in [-0.2, 0) is 6.54 Å². The van der Waals surface area contributed by atoms with E-state index in [1.807, 2.05) is 49.6 Å². The number of nitrogens with one attached hydrogen (secondary N) is 2. The molecule has 0 saturated heterocycles. The van der Waals surface area contributed by atoms with Gasteiger partial charge in [-0.05, 0) is 30.7 Å². The summed E-state index contributed by atoms with van der Waals surface area (Å²) >= 11 is 7.28. The molecule has 0 aliphatic carbocycles. The van der Waals surface area contributed by atoms with Crippen molar-refractivity contribution in [2.24, 2.45) is 0 Å². The highest BCUT2D eigenvalue weighted by molar-refractivity contribution is 7.17. The monoisotopic (exact) mass is 331 g/mol. The maximum atomic E-state index is 12.3. The van der Waals surface area contributed by atoms with Gasteiger partial charge >= 0.3 is 0 Å². The molecular weight excluding hydrogens is 318 g/mol. The van der Waals surface area contributed by atoms with Crippen LogP contribution in [0.3, 0.4) is 0 Å². The van der Waals surface area contributed by atoms with Gasteiger partial charge in [0, 0.05) is 29.5 Å². The summed E-state index contributed by atoms with van der Waals surface area (Å²) in [7, 11) is 0. The zero-order chi connectivity index (χ0) is 15.5. The number of thiazole rings is 1. The van der Waals surface area contributed by atoms with Gasteiger partial charge in [0.25, 0.3) is 5.91 Å². The summed E-state index contributed by atoms with van der Waals surface area (Å²) < 4.78 is 0. The lowest BCUT2D eigenvalue weighted by atomic mass is 10.2. The standard InChI is InChI=1S/C16H14ClN3OS/c1-10-14(15(21)19-9-11-6-7-18-8-11)22-16(20-10)12-2-4-13(17)5-3-12/h2-8,18H,9H2,1H3,(H,19,21). The number of amides is 1. The van der Waals surface area contributed by atoms with Gasteiger partial charge in [0.2, 0.25) is 0 Å². The van der Waals surface area contributed by atoms with E-state index in [1.165, 1.54) is 11.3 Å². The van der Waals surface area contributed by atoms with Gasteiger partial charge in [-0.25, -0.2) is 4.98 Å². The zero-order valence-electron chi connectivity index (χ0n) is 11.9. The van der Waals surface area contributed by atoms with Crippen LogP contribution < -0.4 is 5.32 Å². The van der Waals surface area contributed by atoms with Crippen LogP contribution in [0.1, 0.15) is 20.9 Å². The minimum absolute atomic E-state index is 0.101. The maximum absolute atomic E-state index is 12.3. The Balaban J connectivity index is 1.76. The number of carbonyl (C=O) groups excluding carboxylic acids is 1. The molecule has 0 bridgehead atoms. The lowest BCUT2D eigenvalue weighted by molar-refractivity contribution is 0.0954.